The number of hydrogen-bond donors (Lipinski definition) is 0. The van der Waals surface area contributed by atoms with Crippen molar-refractivity contribution in [2.45, 2.75) is 6.92 Å². The van der Waals surface area contributed by atoms with Gasteiger partial charge in [0.25, 0.3) is 5.19 Å². The van der Waals surface area contributed by atoms with Crippen LogP contribution in [0.2, 0.25) is 0 Å². The van der Waals surface area contributed by atoms with E-state index in [0.717, 1.165) is 21.8 Å². The second-order valence-electron chi connectivity index (χ2n) is 4.59. The highest BCUT2D eigenvalue weighted by atomic mass is 32.1. The predicted molar refractivity (Wildman–Crippen MR) is 79.6 cm³/mol. The highest BCUT2D eigenvalue weighted by Crippen LogP contribution is 2.28. The number of ether oxygens (including phenoxy) is 1. The minimum Gasteiger partial charge on any atom is -0.430 e. The van der Waals surface area contributed by atoms with E-state index >= 15 is 0 Å². The average Bonchev–Trinajstić information content (AvgIpc) is 2.95. The van der Waals surface area contributed by atoms with Gasteiger partial charge in [0.1, 0.15) is 5.75 Å². The summed E-state index contributed by atoms with van der Waals surface area (Å²) in [7, 11) is 0. The lowest BCUT2D eigenvalue weighted by atomic mass is 10.1. The number of benzene rings is 2. The maximum absolute atomic E-state index is 5.82. The summed E-state index contributed by atoms with van der Waals surface area (Å²) in [5.41, 5.74) is 0.959. The number of nitrogens with zero attached hydrogens (tertiary/aromatic N) is 3. The third-order valence-corrected chi connectivity index (χ3v) is 3.87. The van der Waals surface area contributed by atoms with Gasteiger partial charge in [-0.15, -0.1) is 5.10 Å². The monoisotopic (exact) mass is 281 g/mol. The second-order valence-corrected chi connectivity index (χ2v) is 5.51. The summed E-state index contributed by atoms with van der Waals surface area (Å²) in [6, 6.07) is 14.2. The Morgan fingerprint density at radius 3 is 2.80 bits per heavy atom. The van der Waals surface area contributed by atoms with Crippen LogP contribution in [0.1, 0.15) is 5.69 Å². The lowest BCUT2D eigenvalue weighted by Crippen LogP contribution is -1.86. The molecule has 98 valence electrons. The zero-order valence-corrected chi connectivity index (χ0v) is 11.6. The van der Waals surface area contributed by atoms with Crippen LogP contribution >= 0.6 is 11.3 Å². The van der Waals surface area contributed by atoms with E-state index in [0.29, 0.717) is 5.19 Å². The molecule has 0 atom stereocenters. The molecule has 0 bridgehead atoms. The van der Waals surface area contributed by atoms with Gasteiger partial charge < -0.3 is 4.74 Å². The molecule has 0 saturated heterocycles. The molecule has 4 nitrogen and oxygen atoms in total. The second kappa shape index (κ2) is 4.31. The molecule has 0 aliphatic rings. The van der Waals surface area contributed by atoms with Gasteiger partial charge in [0, 0.05) is 0 Å². The first-order valence-electron chi connectivity index (χ1n) is 6.27. The summed E-state index contributed by atoms with van der Waals surface area (Å²) in [5.74, 6) is 0.789. The number of hydrogen-bond acceptors (Lipinski definition) is 4. The van der Waals surface area contributed by atoms with Crippen molar-refractivity contribution in [3.05, 3.63) is 54.4 Å². The van der Waals surface area contributed by atoms with E-state index in [-0.39, 0.29) is 0 Å². The molecule has 0 amide bonds. The number of aromatic nitrogens is 3. The average molecular weight is 281 g/mol. The number of fused-ring (bicyclic) bond motifs is 2. The third kappa shape index (κ3) is 1.92. The summed E-state index contributed by atoms with van der Waals surface area (Å²) < 4.78 is 7.56. The Morgan fingerprint density at radius 2 is 1.95 bits per heavy atom. The Balaban J connectivity index is 1.70. The summed E-state index contributed by atoms with van der Waals surface area (Å²) in [6.45, 7) is 1.95. The molecule has 0 unspecified atom stereocenters. The van der Waals surface area contributed by atoms with Gasteiger partial charge in [-0.1, -0.05) is 30.3 Å². The molecule has 0 spiro atoms. The normalized spacial score (nSPS) is 11.2. The summed E-state index contributed by atoms with van der Waals surface area (Å²) in [6.07, 6.45) is 1.89. The van der Waals surface area contributed by atoms with Crippen LogP contribution in [0.25, 0.3) is 15.7 Å². The molecular formula is C15H11N3OS. The van der Waals surface area contributed by atoms with E-state index in [1.165, 1.54) is 16.7 Å². The maximum Gasteiger partial charge on any atom is 0.299 e. The van der Waals surface area contributed by atoms with Crippen LogP contribution in [0.4, 0.5) is 0 Å². The van der Waals surface area contributed by atoms with E-state index in [1.807, 2.05) is 43.5 Å². The molecule has 0 saturated carbocycles. The quantitative estimate of drug-likeness (QED) is 0.556. The van der Waals surface area contributed by atoms with Crippen molar-refractivity contribution in [1.29, 1.82) is 0 Å². The molecule has 4 rings (SSSR count). The lowest BCUT2D eigenvalue weighted by molar-refractivity contribution is 0.471. The Morgan fingerprint density at radius 1 is 1.10 bits per heavy atom. The smallest absolute Gasteiger partial charge is 0.299 e. The Hall–Kier alpha value is -2.40. The molecule has 4 aromatic rings. The van der Waals surface area contributed by atoms with Crippen LogP contribution in [0.5, 0.6) is 10.9 Å². The molecule has 0 aliphatic carbocycles. The van der Waals surface area contributed by atoms with Crippen molar-refractivity contribution in [2.75, 3.05) is 0 Å². The van der Waals surface area contributed by atoms with Gasteiger partial charge in [-0.3, -0.25) is 0 Å². The van der Waals surface area contributed by atoms with Crippen LogP contribution in [-0.4, -0.2) is 14.6 Å². The summed E-state index contributed by atoms with van der Waals surface area (Å²) in [4.78, 5) is 5.21. The molecule has 0 fully saturated rings. The molecule has 5 heteroatoms. The first-order valence-corrected chi connectivity index (χ1v) is 7.09. The Kier molecular flexibility index (Phi) is 2.47. The molecule has 2 heterocycles. The molecule has 2 aromatic heterocycles. The molecule has 20 heavy (non-hydrogen) atoms. The summed E-state index contributed by atoms with van der Waals surface area (Å²) >= 11 is 1.44. The molecule has 0 radical (unpaired) electrons. The predicted octanol–water partition coefficient (Wildman–Crippen LogP) is 4.04. The van der Waals surface area contributed by atoms with Gasteiger partial charge in [-0.25, -0.2) is 9.50 Å². The van der Waals surface area contributed by atoms with E-state index in [9.17, 15) is 0 Å². The lowest BCUT2D eigenvalue weighted by Gasteiger charge is -2.03. The van der Waals surface area contributed by atoms with Crippen LogP contribution < -0.4 is 4.74 Å². The van der Waals surface area contributed by atoms with Crippen molar-refractivity contribution in [1.82, 2.24) is 14.6 Å². The molecular weight excluding hydrogens is 270 g/mol. The van der Waals surface area contributed by atoms with E-state index < -0.39 is 0 Å². The van der Waals surface area contributed by atoms with E-state index in [2.05, 4.69) is 22.2 Å². The highest BCUT2D eigenvalue weighted by Gasteiger charge is 2.08. The van der Waals surface area contributed by atoms with Crippen molar-refractivity contribution < 1.29 is 4.74 Å². The number of imidazole rings is 1. The number of aryl methyl sites for hydroxylation is 1. The van der Waals surface area contributed by atoms with Crippen molar-refractivity contribution in [3.63, 3.8) is 0 Å². The standard InChI is InChI=1S/C15H11N3OS/c1-10-9-18-14(16-10)20-15(17-18)19-13-7-6-11-4-2-3-5-12(11)8-13/h2-9H,1H3. The third-order valence-electron chi connectivity index (χ3n) is 3.07. The minimum absolute atomic E-state index is 0.600. The van der Waals surface area contributed by atoms with Crippen molar-refractivity contribution in [3.8, 4) is 10.9 Å². The van der Waals surface area contributed by atoms with Crippen LogP contribution in [0.15, 0.2) is 48.7 Å². The van der Waals surface area contributed by atoms with Gasteiger partial charge in [-0.2, -0.15) is 0 Å². The maximum atomic E-state index is 5.82. The first kappa shape index (κ1) is 11.4. The fourth-order valence-corrected chi connectivity index (χ4v) is 2.96. The summed E-state index contributed by atoms with van der Waals surface area (Å²) in [5, 5.41) is 7.31. The van der Waals surface area contributed by atoms with Gasteiger partial charge in [-0.05, 0) is 41.2 Å². The fraction of sp³-hybridized carbons (Fsp3) is 0.0667. The van der Waals surface area contributed by atoms with E-state index in [1.54, 1.807) is 4.52 Å². The first-order chi connectivity index (χ1) is 9.78. The fourth-order valence-electron chi connectivity index (χ4n) is 2.16. The Labute approximate surface area is 119 Å². The zero-order valence-electron chi connectivity index (χ0n) is 10.8. The molecule has 2 aromatic carbocycles. The van der Waals surface area contributed by atoms with E-state index in [4.69, 9.17) is 4.74 Å². The van der Waals surface area contributed by atoms with Gasteiger partial charge in [0.2, 0.25) is 4.96 Å². The topological polar surface area (TPSA) is 39.4 Å². The largest absolute Gasteiger partial charge is 0.430 e. The number of rotatable bonds is 2. The van der Waals surface area contributed by atoms with Crippen LogP contribution in [-0.2, 0) is 0 Å². The minimum atomic E-state index is 0.600. The van der Waals surface area contributed by atoms with Gasteiger partial charge in [0.15, 0.2) is 0 Å². The van der Waals surface area contributed by atoms with Crippen LogP contribution in [0.3, 0.4) is 0 Å². The zero-order chi connectivity index (χ0) is 13.5. The van der Waals surface area contributed by atoms with Crippen molar-refractivity contribution in [2.24, 2.45) is 0 Å². The molecule has 0 aliphatic heterocycles. The highest BCUT2D eigenvalue weighted by molar-refractivity contribution is 7.18. The van der Waals surface area contributed by atoms with Crippen LogP contribution in [0, 0.1) is 6.92 Å². The molecule has 0 N–H and O–H groups in total. The SMILES string of the molecule is Cc1cn2nc(Oc3ccc4ccccc4c3)sc2n1. The van der Waals surface area contributed by atoms with Crippen molar-refractivity contribution >= 4 is 27.1 Å². The Bertz CT molecular complexity index is 878. The van der Waals surface area contributed by atoms with Gasteiger partial charge in [0.05, 0.1) is 11.9 Å². The van der Waals surface area contributed by atoms with Gasteiger partial charge >= 0.3 is 0 Å².